The highest BCUT2D eigenvalue weighted by Gasteiger charge is 2.13. The van der Waals surface area contributed by atoms with E-state index in [-0.39, 0.29) is 11.2 Å². The molecule has 0 atom stereocenters. The van der Waals surface area contributed by atoms with Crippen molar-refractivity contribution in [2.75, 3.05) is 11.9 Å². The number of benzene rings is 2. The Morgan fingerprint density at radius 3 is 2.58 bits per heavy atom. The molecule has 0 aliphatic heterocycles. The van der Waals surface area contributed by atoms with E-state index >= 15 is 0 Å². The Bertz CT molecular complexity index is 942. The molecule has 0 unspecified atom stereocenters. The van der Waals surface area contributed by atoms with Gasteiger partial charge >= 0.3 is 0 Å². The molecule has 0 saturated heterocycles. The van der Waals surface area contributed by atoms with E-state index in [0.29, 0.717) is 23.3 Å². The lowest BCUT2D eigenvalue weighted by atomic mass is 10.1. The van der Waals surface area contributed by atoms with Gasteiger partial charge in [0.2, 0.25) is 0 Å². The molecule has 24 heavy (non-hydrogen) atoms. The summed E-state index contributed by atoms with van der Waals surface area (Å²) in [6.45, 7) is 4.37. The van der Waals surface area contributed by atoms with Crippen molar-refractivity contribution in [1.82, 2.24) is 0 Å². The molecule has 0 radical (unpaired) electrons. The first-order chi connectivity index (χ1) is 11.6. The molecule has 1 amide bonds. The van der Waals surface area contributed by atoms with Crippen LogP contribution in [0.1, 0.15) is 23.0 Å². The third-order valence-corrected chi connectivity index (χ3v) is 3.53. The van der Waals surface area contributed by atoms with Gasteiger partial charge in [-0.1, -0.05) is 11.6 Å². The van der Waals surface area contributed by atoms with Crippen LogP contribution in [0.15, 0.2) is 57.7 Å². The van der Waals surface area contributed by atoms with E-state index in [2.05, 4.69) is 5.32 Å². The van der Waals surface area contributed by atoms with Gasteiger partial charge in [0.15, 0.2) is 11.2 Å². The molecule has 122 valence electrons. The lowest BCUT2D eigenvalue weighted by Crippen LogP contribution is -2.15. The van der Waals surface area contributed by atoms with Crippen LogP contribution < -0.4 is 15.5 Å². The maximum Gasteiger partial charge on any atom is 0.291 e. The number of hydrogen-bond donors (Lipinski definition) is 1. The van der Waals surface area contributed by atoms with Gasteiger partial charge in [-0.25, -0.2) is 0 Å². The molecule has 3 aromatic rings. The third-order valence-electron chi connectivity index (χ3n) is 3.53. The third kappa shape index (κ3) is 3.30. The molecule has 5 heteroatoms. The smallest absolute Gasteiger partial charge is 0.291 e. The lowest BCUT2D eigenvalue weighted by molar-refractivity contribution is 0.0997. The van der Waals surface area contributed by atoms with Crippen LogP contribution in [0.25, 0.3) is 11.0 Å². The topological polar surface area (TPSA) is 68.5 Å². The normalized spacial score (nSPS) is 10.6. The molecular weight excluding hydrogens is 306 g/mol. The highest BCUT2D eigenvalue weighted by molar-refractivity contribution is 6.03. The summed E-state index contributed by atoms with van der Waals surface area (Å²) in [5.41, 5.74) is 1.71. The number of rotatable bonds is 4. The van der Waals surface area contributed by atoms with Crippen LogP contribution in [0.3, 0.4) is 0 Å². The van der Waals surface area contributed by atoms with E-state index in [4.69, 9.17) is 9.15 Å². The molecule has 1 N–H and O–H groups in total. The van der Waals surface area contributed by atoms with Gasteiger partial charge < -0.3 is 14.5 Å². The predicted octanol–water partition coefficient (Wildman–Crippen LogP) is 3.75. The van der Waals surface area contributed by atoms with Gasteiger partial charge in [-0.2, -0.15) is 0 Å². The average molecular weight is 323 g/mol. The van der Waals surface area contributed by atoms with Crippen LogP contribution in [-0.4, -0.2) is 12.5 Å². The van der Waals surface area contributed by atoms with Gasteiger partial charge in [0.05, 0.1) is 12.0 Å². The van der Waals surface area contributed by atoms with E-state index < -0.39 is 5.91 Å². The zero-order valence-electron chi connectivity index (χ0n) is 13.5. The molecule has 0 aliphatic rings. The molecular formula is C19H17NO4. The van der Waals surface area contributed by atoms with E-state index in [1.54, 1.807) is 36.4 Å². The standard InChI is InChI=1S/C19H17NO4/c1-3-23-14-7-5-13(6-8-14)20-19(22)18-11-16(21)15-10-12(2)4-9-17(15)24-18/h4-11H,3H2,1-2H3,(H,20,22). The Morgan fingerprint density at radius 2 is 1.88 bits per heavy atom. The minimum Gasteiger partial charge on any atom is -0.494 e. The SMILES string of the molecule is CCOc1ccc(NC(=O)c2cc(=O)c3cc(C)ccc3o2)cc1. The molecule has 0 spiro atoms. The summed E-state index contributed by atoms with van der Waals surface area (Å²) in [7, 11) is 0. The van der Waals surface area contributed by atoms with E-state index in [9.17, 15) is 9.59 Å². The van der Waals surface area contributed by atoms with Gasteiger partial charge in [0.25, 0.3) is 5.91 Å². The highest BCUT2D eigenvalue weighted by Crippen LogP contribution is 2.18. The summed E-state index contributed by atoms with van der Waals surface area (Å²) in [6, 6.07) is 13.5. The minimum absolute atomic E-state index is 0.0229. The van der Waals surface area contributed by atoms with Gasteiger partial charge in [-0.3, -0.25) is 9.59 Å². The van der Waals surface area contributed by atoms with Crippen molar-refractivity contribution < 1.29 is 13.9 Å². The predicted molar refractivity (Wildman–Crippen MR) is 92.8 cm³/mol. The number of carbonyl (C=O) groups is 1. The Balaban J connectivity index is 1.86. The summed E-state index contributed by atoms with van der Waals surface area (Å²) >= 11 is 0. The largest absolute Gasteiger partial charge is 0.494 e. The molecule has 1 heterocycles. The fraction of sp³-hybridized carbons (Fsp3) is 0.158. The van der Waals surface area contributed by atoms with Crippen LogP contribution >= 0.6 is 0 Å². The van der Waals surface area contributed by atoms with Crippen molar-refractivity contribution in [2.24, 2.45) is 0 Å². The second-order valence-corrected chi connectivity index (χ2v) is 5.39. The van der Waals surface area contributed by atoms with Gasteiger partial charge in [-0.15, -0.1) is 0 Å². The van der Waals surface area contributed by atoms with Crippen molar-refractivity contribution in [1.29, 1.82) is 0 Å². The molecule has 2 aromatic carbocycles. The Kier molecular flexibility index (Phi) is 4.33. The fourth-order valence-electron chi connectivity index (χ4n) is 2.38. The second-order valence-electron chi connectivity index (χ2n) is 5.39. The number of aryl methyl sites for hydroxylation is 1. The van der Waals surface area contributed by atoms with Crippen LogP contribution in [0.5, 0.6) is 5.75 Å². The summed E-state index contributed by atoms with van der Waals surface area (Å²) in [5, 5.41) is 3.17. The fourth-order valence-corrected chi connectivity index (χ4v) is 2.38. The zero-order valence-corrected chi connectivity index (χ0v) is 13.5. The van der Waals surface area contributed by atoms with Gasteiger partial charge in [0.1, 0.15) is 11.3 Å². The molecule has 0 aliphatic carbocycles. The summed E-state index contributed by atoms with van der Waals surface area (Å²) < 4.78 is 10.9. The maximum absolute atomic E-state index is 12.3. The monoisotopic (exact) mass is 323 g/mol. The lowest BCUT2D eigenvalue weighted by Gasteiger charge is -2.07. The minimum atomic E-state index is -0.473. The quantitative estimate of drug-likeness (QED) is 0.794. The van der Waals surface area contributed by atoms with Gasteiger partial charge in [-0.05, 0) is 50.2 Å². The Hall–Kier alpha value is -3.08. The van der Waals surface area contributed by atoms with E-state index in [0.717, 1.165) is 11.3 Å². The first kappa shape index (κ1) is 15.8. The molecule has 0 fully saturated rings. The molecule has 1 aromatic heterocycles. The molecule has 0 bridgehead atoms. The van der Waals surface area contributed by atoms with Crippen LogP contribution in [-0.2, 0) is 0 Å². The van der Waals surface area contributed by atoms with Crippen LogP contribution in [0.2, 0.25) is 0 Å². The second kappa shape index (κ2) is 6.58. The molecule has 3 rings (SSSR count). The maximum atomic E-state index is 12.3. The number of nitrogens with one attached hydrogen (secondary N) is 1. The summed E-state index contributed by atoms with van der Waals surface area (Å²) in [4.78, 5) is 24.5. The number of amides is 1. The average Bonchev–Trinajstić information content (AvgIpc) is 2.57. The number of carbonyl (C=O) groups excluding carboxylic acids is 1. The van der Waals surface area contributed by atoms with Crippen molar-refractivity contribution in [2.45, 2.75) is 13.8 Å². The first-order valence-corrected chi connectivity index (χ1v) is 7.65. The number of ether oxygens (including phenoxy) is 1. The van der Waals surface area contributed by atoms with Gasteiger partial charge in [0, 0.05) is 11.8 Å². The van der Waals surface area contributed by atoms with E-state index in [1.165, 1.54) is 6.07 Å². The summed E-state index contributed by atoms with van der Waals surface area (Å²) in [5.74, 6) is 0.229. The van der Waals surface area contributed by atoms with Crippen molar-refractivity contribution in [3.63, 3.8) is 0 Å². The first-order valence-electron chi connectivity index (χ1n) is 7.65. The Morgan fingerprint density at radius 1 is 1.12 bits per heavy atom. The van der Waals surface area contributed by atoms with Crippen molar-refractivity contribution in [3.8, 4) is 5.75 Å². The number of anilines is 1. The molecule has 0 saturated carbocycles. The summed E-state index contributed by atoms with van der Waals surface area (Å²) in [6.07, 6.45) is 0. The van der Waals surface area contributed by atoms with Crippen molar-refractivity contribution in [3.05, 3.63) is 70.1 Å². The highest BCUT2D eigenvalue weighted by atomic mass is 16.5. The van der Waals surface area contributed by atoms with E-state index in [1.807, 2.05) is 19.9 Å². The zero-order chi connectivity index (χ0) is 17.1. The van der Waals surface area contributed by atoms with Crippen molar-refractivity contribution >= 4 is 22.6 Å². The Labute approximate surface area is 138 Å². The van der Waals surface area contributed by atoms with Crippen LogP contribution in [0, 0.1) is 6.92 Å². The number of hydrogen-bond acceptors (Lipinski definition) is 4. The van der Waals surface area contributed by atoms with Crippen LogP contribution in [0.4, 0.5) is 5.69 Å². The number of fused-ring (bicyclic) bond motifs is 1. The molecule has 5 nitrogen and oxygen atoms in total.